The molecule has 0 spiro atoms. The van der Waals surface area contributed by atoms with Gasteiger partial charge >= 0.3 is 8.60 Å². The Labute approximate surface area is 112 Å². The van der Waals surface area contributed by atoms with Crippen LogP contribution in [0.4, 0.5) is 0 Å². The zero-order valence-electron chi connectivity index (χ0n) is 12.1. The van der Waals surface area contributed by atoms with Gasteiger partial charge < -0.3 is 14.3 Å². The lowest BCUT2D eigenvalue weighted by atomic mass is 9.50. The molecule has 0 saturated heterocycles. The molecule has 1 aliphatic carbocycles. The minimum absolute atomic E-state index is 0.0669. The molecule has 1 aliphatic rings. The van der Waals surface area contributed by atoms with Crippen molar-refractivity contribution in [3.63, 3.8) is 0 Å². The number of rotatable bonds is 2. The van der Waals surface area contributed by atoms with E-state index in [-0.39, 0.29) is 22.3 Å². The second kappa shape index (κ2) is 5.05. The summed E-state index contributed by atoms with van der Waals surface area (Å²) in [5.41, 5.74) is -0.425. The maximum Gasteiger partial charge on any atom is 0.327 e. The van der Waals surface area contributed by atoms with Crippen molar-refractivity contribution in [1.29, 1.82) is 0 Å². The van der Waals surface area contributed by atoms with E-state index in [9.17, 15) is 9.79 Å². The van der Waals surface area contributed by atoms with Crippen molar-refractivity contribution in [2.24, 2.45) is 16.2 Å². The van der Waals surface area contributed by atoms with E-state index >= 15 is 0 Å². The van der Waals surface area contributed by atoms with Gasteiger partial charge in [0.05, 0.1) is 6.10 Å². The highest BCUT2D eigenvalue weighted by molar-refractivity contribution is 7.39. The summed E-state index contributed by atoms with van der Waals surface area (Å²) in [6, 6.07) is 0. The van der Waals surface area contributed by atoms with Crippen LogP contribution in [-0.2, 0) is 4.52 Å². The molecule has 0 aromatic heterocycles. The van der Waals surface area contributed by atoms with Gasteiger partial charge in [-0.15, -0.1) is 0 Å². The molecule has 1 atom stereocenters. The van der Waals surface area contributed by atoms with Gasteiger partial charge in [-0.1, -0.05) is 65.8 Å². The van der Waals surface area contributed by atoms with E-state index in [1.165, 1.54) is 0 Å². The highest BCUT2D eigenvalue weighted by Gasteiger charge is 2.54. The Hall–Kier alpha value is -0.210. The maximum absolute atomic E-state index is 9.21. The van der Waals surface area contributed by atoms with Gasteiger partial charge in [-0.05, 0) is 10.8 Å². The Morgan fingerprint density at radius 2 is 1.50 bits per heavy atom. The van der Waals surface area contributed by atoms with Gasteiger partial charge in [0.15, 0.2) is 0 Å². The standard InChI is InChI=1S/C14H25O3P/c1-12(2,3)14(13(4,5)6)10-8-7-9-11(14)17-18(15)16/h7-11,15-16H,1-6H3. The van der Waals surface area contributed by atoms with E-state index in [2.05, 4.69) is 47.6 Å². The molecule has 0 aliphatic heterocycles. The molecular formula is C14H25O3P. The van der Waals surface area contributed by atoms with Crippen LogP contribution < -0.4 is 0 Å². The lowest BCUT2D eigenvalue weighted by Gasteiger charge is -2.55. The molecular weight excluding hydrogens is 247 g/mol. The molecule has 0 amide bonds. The maximum atomic E-state index is 9.21. The SMILES string of the molecule is CC(C)(C)C1(C(C)(C)C)C=CC=CC1OP(O)O. The quantitative estimate of drug-likeness (QED) is 0.752. The Balaban J connectivity index is 3.31. The molecule has 0 heterocycles. The Bertz CT molecular complexity index is 331. The fourth-order valence-electron chi connectivity index (χ4n) is 3.32. The minimum atomic E-state index is -2.36. The van der Waals surface area contributed by atoms with Crippen molar-refractivity contribution in [2.45, 2.75) is 47.6 Å². The summed E-state index contributed by atoms with van der Waals surface area (Å²) in [5.74, 6) is 0. The third kappa shape index (κ3) is 2.70. The second-order valence-corrected chi connectivity index (χ2v) is 7.61. The lowest BCUT2D eigenvalue weighted by molar-refractivity contribution is -0.0626. The molecule has 0 bridgehead atoms. The summed E-state index contributed by atoms with van der Waals surface area (Å²) in [4.78, 5) is 18.4. The van der Waals surface area contributed by atoms with Crippen LogP contribution in [-0.4, -0.2) is 15.9 Å². The summed E-state index contributed by atoms with van der Waals surface area (Å²) in [6.45, 7) is 13.0. The highest BCUT2D eigenvalue weighted by atomic mass is 31.2. The first kappa shape index (κ1) is 15.8. The topological polar surface area (TPSA) is 49.7 Å². The first-order chi connectivity index (χ1) is 8.02. The predicted octanol–water partition coefficient (Wildman–Crippen LogP) is 3.79. The third-order valence-corrected chi connectivity index (χ3v) is 4.31. The van der Waals surface area contributed by atoms with E-state index in [0.29, 0.717) is 0 Å². The highest BCUT2D eigenvalue weighted by Crippen LogP contribution is 2.58. The van der Waals surface area contributed by atoms with Crippen LogP contribution in [0.2, 0.25) is 0 Å². The van der Waals surface area contributed by atoms with Gasteiger partial charge in [0.25, 0.3) is 0 Å². The Kier molecular flexibility index (Phi) is 4.45. The van der Waals surface area contributed by atoms with Gasteiger partial charge in [0.1, 0.15) is 0 Å². The zero-order valence-corrected chi connectivity index (χ0v) is 13.0. The predicted molar refractivity (Wildman–Crippen MR) is 75.9 cm³/mol. The molecule has 18 heavy (non-hydrogen) atoms. The van der Waals surface area contributed by atoms with Crippen molar-refractivity contribution in [3.8, 4) is 0 Å². The van der Waals surface area contributed by atoms with Crippen LogP contribution >= 0.6 is 8.60 Å². The molecule has 4 heteroatoms. The molecule has 0 aromatic carbocycles. The largest absolute Gasteiger partial charge is 0.328 e. The van der Waals surface area contributed by atoms with Gasteiger partial charge in [-0.3, -0.25) is 0 Å². The first-order valence-corrected chi connectivity index (χ1v) is 7.39. The normalized spacial score (nSPS) is 23.7. The van der Waals surface area contributed by atoms with Gasteiger partial charge in [-0.2, -0.15) is 0 Å². The number of allylic oxidation sites excluding steroid dienone is 2. The fraction of sp³-hybridized carbons (Fsp3) is 0.714. The smallest absolute Gasteiger partial charge is 0.327 e. The fourth-order valence-corrected chi connectivity index (χ4v) is 3.76. The van der Waals surface area contributed by atoms with Crippen molar-refractivity contribution < 1.29 is 14.3 Å². The average Bonchev–Trinajstić information content (AvgIpc) is 2.13. The van der Waals surface area contributed by atoms with Crippen molar-refractivity contribution in [1.82, 2.24) is 0 Å². The van der Waals surface area contributed by atoms with E-state index < -0.39 is 8.60 Å². The van der Waals surface area contributed by atoms with Gasteiger partial charge in [0, 0.05) is 5.41 Å². The number of hydrogen-bond donors (Lipinski definition) is 2. The monoisotopic (exact) mass is 272 g/mol. The molecule has 3 nitrogen and oxygen atoms in total. The lowest BCUT2D eigenvalue weighted by Crippen LogP contribution is -2.53. The summed E-state index contributed by atoms with van der Waals surface area (Å²) in [6.07, 6.45) is 7.66. The van der Waals surface area contributed by atoms with Crippen LogP contribution in [0.5, 0.6) is 0 Å². The third-order valence-electron chi connectivity index (χ3n) is 3.89. The summed E-state index contributed by atoms with van der Waals surface area (Å²) in [7, 11) is -2.36. The molecule has 1 rings (SSSR count). The molecule has 104 valence electrons. The van der Waals surface area contributed by atoms with Crippen LogP contribution in [0, 0.1) is 16.2 Å². The van der Waals surface area contributed by atoms with E-state index in [4.69, 9.17) is 4.52 Å². The Morgan fingerprint density at radius 1 is 1.00 bits per heavy atom. The van der Waals surface area contributed by atoms with Crippen molar-refractivity contribution in [2.75, 3.05) is 0 Å². The van der Waals surface area contributed by atoms with Crippen LogP contribution in [0.3, 0.4) is 0 Å². The van der Waals surface area contributed by atoms with Crippen molar-refractivity contribution in [3.05, 3.63) is 24.3 Å². The molecule has 0 saturated carbocycles. The second-order valence-electron chi connectivity index (χ2n) is 6.89. The average molecular weight is 272 g/mol. The van der Waals surface area contributed by atoms with E-state index in [1.54, 1.807) is 0 Å². The zero-order chi connectivity index (χ0) is 14.2. The van der Waals surface area contributed by atoms with Crippen LogP contribution in [0.25, 0.3) is 0 Å². The molecule has 0 radical (unpaired) electrons. The first-order valence-electron chi connectivity index (χ1n) is 6.23. The summed E-state index contributed by atoms with van der Waals surface area (Å²) >= 11 is 0. The molecule has 0 aromatic rings. The summed E-state index contributed by atoms with van der Waals surface area (Å²) < 4.78 is 5.40. The minimum Gasteiger partial charge on any atom is -0.328 e. The molecule has 1 unspecified atom stereocenters. The molecule has 2 N–H and O–H groups in total. The number of hydrogen-bond acceptors (Lipinski definition) is 3. The van der Waals surface area contributed by atoms with Gasteiger partial charge in [0.2, 0.25) is 0 Å². The summed E-state index contributed by atoms with van der Waals surface area (Å²) in [5, 5.41) is 0. The van der Waals surface area contributed by atoms with Crippen LogP contribution in [0.1, 0.15) is 41.5 Å². The molecule has 0 fully saturated rings. The van der Waals surface area contributed by atoms with Crippen LogP contribution in [0.15, 0.2) is 24.3 Å². The van der Waals surface area contributed by atoms with Crippen molar-refractivity contribution >= 4 is 8.60 Å². The van der Waals surface area contributed by atoms with E-state index in [1.807, 2.05) is 18.2 Å². The van der Waals surface area contributed by atoms with Gasteiger partial charge in [-0.25, -0.2) is 0 Å². The van der Waals surface area contributed by atoms with E-state index in [0.717, 1.165) is 0 Å². The Morgan fingerprint density at radius 3 is 1.89 bits per heavy atom.